The molecular weight excluding hydrogens is 555 g/mol. The van der Waals surface area contributed by atoms with Gasteiger partial charge in [0, 0.05) is 0 Å². The van der Waals surface area contributed by atoms with Gasteiger partial charge in [0.1, 0.15) is 0 Å². The van der Waals surface area contributed by atoms with E-state index in [9.17, 15) is 9.59 Å². The standard InChI is InChI=1S/C23H23ClIN6O2/c1-25-23(33)22-18-5-4-6-20(29(2)3)17(18)11-12-30(22)21(32)10-7-15-13-16(24)8-9-19(15)31-14-26-27-28-31/h4-10,13-14,22H,11-12H2,1-3H3/q-1/b10-7+. The fourth-order valence-electron chi connectivity index (χ4n) is 4.05. The van der Waals surface area contributed by atoms with Gasteiger partial charge in [0.2, 0.25) is 0 Å². The van der Waals surface area contributed by atoms with Crippen molar-refractivity contribution in [2.24, 2.45) is 0 Å². The first kappa shape index (κ1) is 23.4. The number of halogens is 2. The van der Waals surface area contributed by atoms with Crippen molar-refractivity contribution in [2.75, 3.05) is 30.5 Å². The van der Waals surface area contributed by atoms with Gasteiger partial charge in [-0.2, -0.15) is 0 Å². The third-order valence-electron chi connectivity index (χ3n) is 5.55. The summed E-state index contributed by atoms with van der Waals surface area (Å²) in [6.07, 6.45) is 5.36. The summed E-state index contributed by atoms with van der Waals surface area (Å²) in [4.78, 5) is 32.0. The average Bonchev–Trinajstić information content (AvgIpc) is 3.35. The first-order chi connectivity index (χ1) is 15.9. The molecule has 2 heterocycles. The molecule has 0 bridgehead atoms. The van der Waals surface area contributed by atoms with Crippen molar-refractivity contribution < 1.29 is 30.8 Å². The Bertz CT molecular complexity index is 1210. The van der Waals surface area contributed by atoms with Gasteiger partial charge in [-0.05, 0) is 0 Å². The Labute approximate surface area is 207 Å². The molecule has 4 rings (SSSR count). The van der Waals surface area contributed by atoms with Gasteiger partial charge in [-0.15, -0.1) is 0 Å². The Morgan fingerprint density at radius 3 is 2.76 bits per heavy atom. The molecule has 0 radical (unpaired) electrons. The second-order valence-corrected chi connectivity index (χ2v) is 10.3. The van der Waals surface area contributed by atoms with E-state index >= 15 is 0 Å². The number of carbonyl (C=O) groups excluding carboxylic acids is 2. The maximum atomic E-state index is 13.3. The summed E-state index contributed by atoms with van der Waals surface area (Å²) < 4.78 is 1.64. The topological polar surface area (TPSA) is 84.2 Å². The van der Waals surface area contributed by atoms with Crippen molar-refractivity contribution >= 4 is 33.1 Å². The van der Waals surface area contributed by atoms with Crippen LogP contribution in [0.5, 0.6) is 0 Å². The average molecular weight is 578 g/mol. The van der Waals surface area contributed by atoms with Gasteiger partial charge in [0.15, 0.2) is 0 Å². The Morgan fingerprint density at radius 1 is 1.24 bits per heavy atom. The summed E-state index contributed by atoms with van der Waals surface area (Å²) in [7, 11) is 3.99. The SMILES string of the molecule is C[I-]C(=O)C1c2cccc(N(C)C)c2CCN1C(=O)/C=C/c1cc(Cl)ccc1-n1cnnn1. The number of carbonyl (C=O) groups is 2. The maximum absolute atomic E-state index is 13.3. The number of benzene rings is 2. The molecule has 172 valence electrons. The number of tetrazole rings is 1. The van der Waals surface area contributed by atoms with Gasteiger partial charge >= 0.3 is 208 Å². The van der Waals surface area contributed by atoms with Crippen molar-refractivity contribution in [3.05, 3.63) is 70.5 Å². The van der Waals surface area contributed by atoms with Crippen LogP contribution in [0.25, 0.3) is 11.8 Å². The predicted molar refractivity (Wildman–Crippen MR) is 123 cm³/mol. The van der Waals surface area contributed by atoms with Crippen LogP contribution < -0.4 is 26.1 Å². The van der Waals surface area contributed by atoms with E-state index < -0.39 is 27.2 Å². The van der Waals surface area contributed by atoms with Crippen LogP contribution in [0.15, 0.2) is 48.8 Å². The van der Waals surface area contributed by atoms with Gasteiger partial charge < -0.3 is 0 Å². The van der Waals surface area contributed by atoms with Crippen molar-refractivity contribution in [1.82, 2.24) is 25.1 Å². The summed E-state index contributed by atoms with van der Waals surface area (Å²) in [5, 5.41) is 11.8. The number of rotatable bonds is 6. The van der Waals surface area contributed by atoms with E-state index in [0.29, 0.717) is 29.2 Å². The predicted octanol–water partition coefficient (Wildman–Crippen LogP) is -0.234. The molecule has 1 aliphatic heterocycles. The minimum atomic E-state index is -0.688. The normalized spacial score (nSPS) is 15.6. The molecule has 2 aromatic carbocycles. The third-order valence-corrected chi connectivity index (χ3v) is 7.44. The van der Waals surface area contributed by atoms with Gasteiger partial charge in [-0.3, -0.25) is 0 Å². The molecule has 33 heavy (non-hydrogen) atoms. The molecule has 1 unspecified atom stereocenters. The molecule has 10 heteroatoms. The molecule has 0 spiro atoms. The summed E-state index contributed by atoms with van der Waals surface area (Å²) >= 11 is 5.50. The number of amides is 1. The second kappa shape index (κ2) is 10.0. The van der Waals surface area contributed by atoms with Crippen LogP contribution in [0.3, 0.4) is 0 Å². The van der Waals surface area contributed by atoms with E-state index in [1.54, 1.807) is 29.2 Å². The van der Waals surface area contributed by atoms with Crippen molar-refractivity contribution in [1.29, 1.82) is 0 Å². The van der Waals surface area contributed by atoms with Gasteiger partial charge in [0.25, 0.3) is 0 Å². The van der Waals surface area contributed by atoms with E-state index in [4.69, 9.17) is 11.6 Å². The molecule has 1 atom stereocenters. The van der Waals surface area contributed by atoms with E-state index in [2.05, 4.69) is 26.5 Å². The molecule has 1 aromatic heterocycles. The van der Waals surface area contributed by atoms with E-state index in [1.165, 1.54) is 17.1 Å². The van der Waals surface area contributed by atoms with Crippen molar-refractivity contribution in [3.63, 3.8) is 0 Å². The number of anilines is 1. The van der Waals surface area contributed by atoms with E-state index in [1.807, 2.05) is 31.2 Å². The fraction of sp³-hybridized carbons (Fsp3) is 0.261. The second-order valence-electron chi connectivity index (χ2n) is 7.71. The molecule has 8 nitrogen and oxygen atoms in total. The molecule has 0 saturated carbocycles. The molecule has 0 saturated heterocycles. The molecule has 0 aliphatic carbocycles. The number of hydrogen-bond donors (Lipinski definition) is 0. The van der Waals surface area contributed by atoms with Crippen LogP contribution in [0.4, 0.5) is 5.69 Å². The zero-order valence-electron chi connectivity index (χ0n) is 18.4. The van der Waals surface area contributed by atoms with Crippen LogP contribution in [-0.2, 0) is 16.0 Å². The van der Waals surface area contributed by atoms with Gasteiger partial charge in [-0.25, -0.2) is 0 Å². The Balaban J connectivity index is 1.68. The minimum absolute atomic E-state index is 0.129. The molecule has 0 N–H and O–H groups in total. The summed E-state index contributed by atoms with van der Waals surface area (Å²) in [6.45, 7) is 0.483. The molecule has 0 fully saturated rings. The van der Waals surface area contributed by atoms with E-state index in [0.717, 1.165) is 16.8 Å². The van der Waals surface area contributed by atoms with Gasteiger partial charge in [-0.1, -0.05) is 0 Å². The zero-order valence-corrected chi connectivity index (χ0v) is 21.4. The van der Waals surface area contributed by atoms with Crippen LogP contribution in [0.1, 0.15) is 22.7 Å². The molecule has 3 aromatic rings. The molecular formula is C23H23ClIN6O2-. The molecule has 1 aliphatic rings. The van der Waals surface area contributed by atoms with Crippen molar-refractivity contribution in [2.45, 2.75) is 12.5 Å². The van der Waals surface area contributed by atoms with E-state index in [-0.39, 0.29) is 9.70 Å². The zero-order chi connectivity index (χ0) is 23.5. The number of fused-ring (bicyclic) bond motifs is 1. The summed E-state index contributed by atoms with van der Waals surface area (Å²) in [5.41, 5.74) is 4.55. The quantitative estimate of drug-likeness (QED) is 0.174. The number of aromatic nitrogens is 4. The van der Waals surface area contributed by atoms with Crippen molar-refractivity contribution in [3.8, 4) is 5.69 Å². The summed E-state index contributed by atoms with van der Waals surface area (Å²) in [6, 6.07) is 10.7. The number of nitrogens with zero attached hydrogens (tertiary/aromatic N) is 6. The molecule has 1 amide bonds. The Hall–Kier alpha value is -2.79. The van der Waals surface area contributed by atoms with Crippen LogP contribution >= 0.6 is 11.6 Å². The van der Waals surface area contributed by atoms with Crippen LogP contribution in [-0.4, -0.2) is 60.4 Å². The Morgan fingerprint density at radius 2 is 2.06 bits per heavy atom. The monoisotopic (exact) mass is 577 g/mol. The fourth-order valence-corrected chi connectivity index (χ4v) is 5.49. The number of hydrogen-bond acceptors (Lipinski definition) is 6. The first-order valence-electron chi connectivity index (χ1n) is 10.2. The van der Waals surface area contributed by atoms with Crippen LogP contribution in [0.2, 0.25) is 5.02 Å². The van der Waals surface area contributed by atoms with Gasteiger partial charge in [0.05, 0.1) is 0 Å². The number of alkyl halides is 1. The summed E-state index contributed by atoms with van der Waals surface area (Å²) in [5.74, 6) is -0.214. The van der Waals surface area contributed by atoms with Crippen LogP contribution in [0, 0.1) is 0 Å². The first-order valence-corrected chi connectivity index (χ1v) is 13.9. The Kier molecular flexibility index (Phi) is 7.08. The third kappa shape index (κ3) is 4.79.